The van der Waals surface area contributed by atoms with Gasteiger partial charge in [-0.3, -0.25) is 25.2 Å². The fourth-order valence-electron chi connectivity index (χ4n) is 1.68. The first-order chi connectivity index (χ1) is 11.0. The zero-order chi connectivity index (χ0) is 16.7. The van der Waals surface area contributed by atoms with Crippen molar-refractivity contribution in [3.63, 3.8) is 0 Å². The van der Waals surface area contributed by atoms with Gasteiger partial charge in [-0.1, -0.05) is 0 Å². The molecule has 0 aliphatic carbocycles. The first-order valence-corrected chi connectivity index (χ1v) is 6.74. The van der Waals surface area contributed by atoms with Crippen LogP contribution in [-0.2, 0) is 9.59 Å². The summed E-state index contributed by atoms with van der Waals surface area (Å²) in [5, 5.41) is 2.59. The number of hydrogen-bond donors (Lipinski definition) is 3. The highest BCUT2D eigenvalue weighted by Crippen LogP contribution is 2.09. The van der Waals surface area contributed by atoms with E-state index in [4.69, 9.17) is 4.42 Å². The Bertz CT molecular complexity index is 718. The van der Waals surface area contributed by atoms with Crippen LogP contribution in [0.15, 0.2) is 53.2 Å². The highest BCUT2D eigenvalue weighted by Gasteiger charge is 2.06. The number of anilines is 1. The van der Waals surface area contributed by atoms with Gasteiger partial charge in [0.15, 0.2) is 0 Å². The van der Waals surface area contributed by atoms with Crippen molar-refractivity contribution in [1.29, 1.82) is 0 Å². The third-order valence-electron chi connectivity index (χ3n) is 2.71. The van der Waals surface area contributed by atoms with Gasteiger partial charge in [0.2, 0.25) is 5.91 Å². The number of hydrogen-bond acceptors (Lipinski definition) is 4. The summed E-state index contributed by atoms with van der Waals surface area (Å²) in [6, 6.07) is 9.64. The van der Waals surface area contributed by atoms with Crippen LogP contribution in [0.3, 0.4) is 0 Å². The third-order valence-corrected chi connectivity index (χ3v) is 2.71. The predicted molar refractivity (Wildman–Crippen MR) is 84.1 cm³/mol. The summed E-state index contributed by atoms with van der Waals surface area (Å²) in [4.78, 5) is 34.3. The molecule has 0 fully saturated rings. The molecule has 0 spiro atoms. The minimum Gasteiger partial charge on any atom is -0.465 e. The van der Waals surface area contributed by atoms with Gasteiger partial charge in [0.05, 0.1) is 6.26 Å². The van der Waals surface area contributed by atoms with E-state index in [1.807, 2.05) is 0 Å². The highest BCUT2D eigenvalue weighted by molar-refractivity contribution is 5.98. The van der Waals surface area contributed by atoms with Crippen molar-refractivity contribution >= 4 is 29.5 Å². The average Bonchev–Trinajstić information content (AvgIpc) is 3.04. The SMILES string of the molecule is CC(=O)Nc1ccc(C(=O)NNC(=O)C=Cc2ccco2)cc1. The minimum atomic E-state index is -0.496. The van der Waals surface area contributed by atoms with Gasteiger partial charge in [-0.25, -0.2) is 0 Å². The monoisotopic (exact) mass is 313 g/mol. The normalized spacial score (nSPS) is 10.3. The second-order valence-corrected chi connectivity index (χ2v) is 4.55. The Balaban J connectivity index is 1.84. The number of amides is 3. The van der Waals surface area contributed by atoms with E-state index >= 15 is 0 Å². The van der Waals surface area contributed by atoms with Crippen LogP contribution in [0.2, 0.25) is 0 Å². The number of nitrogens with one attached hydrogen (secondary N) is 3. The Kier molecular flexibility index (Phi) is 5.30. The summed E-state index contributed by atoms with van der Waals surface area (Å²) in [5.41, 5.74) is 5.46. The van der Waals surface area contributed by atoms with Crippen molar-refractivity contribution in [1.82, 2.24) is 10.9 Å². The molecule has 23 heavy (non-hydrogen) atoms. The average molecular weight is 313 g/mol. The Hall–Kier alpha value is -3.35. The molecule has 3 amide bonds. The zero-order valence-corrected chi connectivity index (χ0v) is 12.3. The molecule has 3 N–H and O–H groups in total. The Labute approximate surface area is 132 Å². The number of carbonyl (C=O) groups excluding carboxylic acids is 3. The lowest BCUT2D eigenvalue weighted by Crippen LogP contribution is -2.40. The largest absolute Gasteiger partial charge is 0.465 e. The van der Waals surface area contributed by atoms with E-state index < -0.39 is 11.8 Å². The molecule has 0 aliphatic rings. The lowest BCUT2D eigenvalue weighted by molar-refractivity contribution is -0.117. The van der Waals surface area contributed by atoms with Gasteiger partial charge in [-0.2, -0.15) is 0 Å². The van der Waals surface area contributed by atoms with E-state index in [1.54, 1.807) is 24.3 Å². The maximum Gasteiger partial charge on any atom is 0.269 e. The van der Waals surface area contributed by atoms with Crippen LogP contribution in [0.4, 0.5) is 5.69 Å². The molecule has 0 aliphatic heterocycles. The summed E-state index contributed by atoms with van der Waals surface area (Å²) >= 11 is 0. The molecule has 2 rings (SSSR count). The molecule has 0 radical (unpaired) electrons. The smallest absolute Gasteiger partial charge is 0.269 e. The molecule has 1 aromatic carbocycles. The van der Waals surface area contributed by atoms with E-state index in [2.05, 4.69) is 16.2 Å². The van der Waals surface area contributed by atoms with Crippen molar-refractivity contribution in [2.75, 3.05) is 5.32 Å². The number of carbonyl (C=O) groups is 3. The molecule has 0 bridgehead atoms. The molecule has 118 valence electrons. The molecule has 7 heteroatoms. The molecule has 2 aromatic rings. The molecule has 0 saturated carbocycles. The fraction of sp³-hybridized carbons (Fsp3) is 0.0625. The van der Waals surface area contributed by atoms with E-state index in [1.165, 1.54) is 37.5 Å². The molecule has 0 unspecified atom stereocenters. The van der Waals surface area contributed by atoms with Crippen molar-refractivity contribution in [3.8, 4) is 0 Å². The van der Waals surface area contributed by atoms with Crippen LogP contribution in [0, 0.1) is 0 Å². The molecule has 7 nitrogen and oxygen atoms in total. The topological polar surface area (TPSA) is 100 Å². The summed E-state index contributed by atoms with van der Waals surface area (Å²) < 4.78 is 5.03. The van der Waals surface area contributed by atoms with Crippen molar-refractivity contribution in [2.45, 2.75) is 6.92 Å². The first kappa shape index (κ1) is 16.0. The lowest BCUT2D eigenvalue weighted by Gasteiger charge is -2.06. The zero-order valence-electron chi connectivity index (χ0n) is 12.3. The molecule has 1 heterocycles. The summed E-state index contributed by atoms with van der Waals surface area (Å²) in [6.45, 7) is 1.40. The van der Waals surface area contributed by atoms with Crippen molar-refractivity contribution < 1.29 is 18.8 Å². The second-order valence-electron chi connectivity index (χ2n) is 4.55. The van der Waals surface area contributed by atoms with Gasteiger partial charge in [0, 0.05) is 24.3 Å². The number of hydrazine groups is 1. The van der Waals surface area contributed by atoms with Crippen LogP contribution < -0.4 is 16.2 Å². The molecular formula is C16H15N3O4. The Morgan fingerprint density at radius 1 is 1.04 bits per heavy atom. The maximum absolute atomic E-state index is 11.9. The van der Waals surface area contributed by atoms with E-state index in [0.717, 1.165) is 0 Å². The fourth-order valence-corrected chi connectivity index (χ4v) is 1.68. The van der Waals surface area contributed by atoms with Gasteiger partial charge < -0.3 is 9.73 Å². The van der Waals surface area contributed by atoms with Crippen molar-refractivity contribution in [2.24, 2.45) is 0 Å². The van der Waals surface area contributed by atoms with Gasteiger partial charge >= 0.3 is 0 Å². The van der Waals surface area contributed by atoms with Gasteiger partial charge in [0.25, 0.3) is 11.8 Å². The molecule has 0 saturated heterocycles. The molecular weight excluding hydrogens is 298 g/mol. The number of furan rings is 1. The summed E-state index contributed by atoms with van der Waals surface area (Å²) in [6.07, 6.45) is 4.20. The van der Waals surface area contributed by atoms with Crippen LogP contribution >= 0.6 is 0 Å². The van der Waals surface area contributed by atoms with Crippen LogP contribution in [0.1, 0.15) is 23.0 Å². The van der Waals surface area contributed by atoms with Crippen LogP contribution in [0.5, 0.6) is 0 Å². The minimum absolute atomic E-state index is 0.196. The highest BCUT2D eigenvalue weighted by atomic mass is 16.3. The third kappa shape index (κ3) is 5.16. The van der Waals surface area contributed by atoms with Gasteiger partial charge in [-0.05, 0) is 42.5 Å². The number of benzene rings is 1. The quantitative estimate of drug-likeness (QED) is 0.591. The standard InChI is InChI=1S/C16H15N3O4/c1-11(20)17-13-6-4-12(5-7-13)16(22)19-18-15(21)9-8-14-3-2-10-23-14/h2-10H,1H3,(H,17,20)(H,18,21)(H,19,22). The van der Waals surface area contributed by atoms with E-state index in [-0.39, 0.29) is 5.91 Å². The van der Waals surface area contributed by atoms with Crippen LogP contribution in [0.25, 0.3) is 6.08 Å². The van der Waals surface area contributed by atoms with Crippen LogP contribution in [-0.4, -0.2) is 17.7 Å². The molecule has 1 aromatic heterocycles. The van der Waals surface area contributed by atoms with Crippen molar-refractivity contribution in [3.05, 3.63) is 60.1 Å². The summed E-state index contributed by atoms with van der Waals surface area (Å²) in [7, 11) is 0. The maximum atomic E-state index is 11.9. The van der Waals surface area contributed by atoms with E-state index in [0.29, 0.717) is 17.0 Å². The van der Waals surface area contributed by atoms with Gasteiger partial charge in [-0.15, -0.1) is 0 Å². The Morgan fingerprint density at radius 2 is 1.78 bits per heavy atom. The summed E-state index contributed by atoms with van der Waals surface area (Å²) in [5.74, 6) is -0.637. The lowest BCUT2D eigenvalue weighted by atomic mass is 10.2. The van der Waals surface area contributed by atoms with Gasteiger partial charge in [0.1, 0.15) is 5.76 Å². The second kappa shape index (κ2) is 7.60. The molecule has 0 atom stereocenters. The first-order valence-electron chi connectivity index (χ1n) is 6.74. The Morgan fingerprint density at radius 3 is 2.39 bits per heavy atom. The number of rotatable bonds is 4. The van der Waals surface area contributed by atoms with E-state index in [9.17, 15) is 14.4 Å². The predicted octanol–water partition coefficient (Wildman–Crippen LogP) is 1.71.